The molecule has 1 rings (SSSR count). The molecule has 5 nitrogen and oxygen atoms in total. The fourth-order valence-corrected chi connectivity index (χ4v) is 2.04. The van der Waals surface area contributed by atoms with Crippen molar-refractivity contribution in [1.29, 1.82) is 0 Å². The van der Waals surface area contributed by atoms with Crippen molar-refractivity contribution in [2.75, 3.05) is 13.7 Å². The van der Waals surface area contributed by atoms with E-state index in [2.05, 4.69) is 9.56 Å². The van der Waals surface area contributed by atoms with Gasteiger partial charge in [-0.3, -0.25) is 0 Å². The highest BCUT2D eigenvalue weighted by molar-refractivity contribution is 7.89. The Hall–Kier alpha value is -0.950. The van der Waals surface area contributed by atoms with Gasteiger partial charge in [0.15, 0.2) is 0 Å². The van der Waals surface area contributed by atoms with Gasteiger partial charge < -0.3 is 4.84 Å². The molecule has 0 amide bonds. The van der Waals surface area contributed by atoms with Gasteiger partial charge in [-0.05, 0) is 37.6 Å². The van der Waals surface area contributed by atoms with Crippen molar-refractivity contribution in [1.82, 2.24) is 4.72 Å². The number of rotatable bonds is 6. The summed E-state index contributed by atoms with van der Waals surface area (Å²) in [5.41, 5.74) is 1.06. The quantitative estimate of drug-likeness (QED) is 0.561. The maximum Gasteiger partial charge on any atom is 0.240 e. The zero-order valence-corrected chi connectivity index (χ0v) is 9.96. The summed E-state index contributed by atoms with van der Waals surface area (Å²) < 4.78 is 25.1. The second-order valence-electron chi connectivity index (χ2n) is 3.33. The molecule has 0 aliphatic heterocycles. The molecule has 0 bridgehead atoms. The first-order valence-corrected chi connectivity index (χ1v) is 6.42. The van der Waals surface area contributed by atoms with Gasteiger partial charge in [-0.15, -0.1) is 0 Å². The molecule has 1 aromatic rings. The Morgan fingerprint density at radius 2 is 1.94 bits per heavy atom. The van der Waals surface area contributed by atoms with Crippen molar-refractivity contribution in [3.05, 3.63) is 29.8 Å². The van der Waals surface area contributed by atoms with Crippen LogP contribution in [0.3, 0.4) is 0 Å². The molecule has 0 saturated carbocycles. The average molecular weight is 244 g/mol. The first-order valence-electron chi connectivity index (χ1n) is 4.94. The Labute approximate surface area is 95.6 Å². The van der Waals surface area contributed by atoms with E-state index in [0.717, 1.165) is 18.4 Å². The Balaban J connectivity index is 2.68. The van der Waals surface area contributed by atoms with Crippen LogP contribution in [-0.2, 0) is 21.3 Å². The van der Waals surface area contributed by atoms with Gasteiger partial charge in [0.2, 0.25) is 10.0 Å². The van der Waals surface area contributed by atoms with E-state index in [1.165, 1.54) is 7.05 Å². The van der Waals surface area contributed by atoms with Crippen molar-refractivity contribution >= 4 is 10.0 Å². The van der Waals surface area contributed by atoms with Crippen molar-refractivity contribution in [2.24, 2.45) is 5.90 Å². The predicted molar refractivity (Wildman–Crippen MR) is 61.1 cm³/mol. The van der Waals surface area contributed by atoms with Gasteiger partial charge >= 0.3 is 0 Å². The number of nitrogens with one attached hydrogen (secondary N) is 1. The van der Waals surface area contributed by atoms with Gasteiger partial charge in [0.05, 0.1) is 11.5 Å². The molecule has 90 valence electrons. The van der Waals surface area contributed by atoms with E-state index in [1.54, 1.807) is 24.3 Å². The summed E-state index contributed by atoms with van der Waals surface area (Å²) in [5, 5.41) is 0. The molecule has 0 aliphatic rings. The van der Waals surface area contributed by atoms with Crippen LogP contribution < -0.4 is 10.6 Å². The maximum atomic E-state index is 11.4. The van der Waals surface area contributed by atoms with E-state index in [0.29, 0.717) is 6.61 Å². The lowest BCUT2D eigenvalue weighted by Crippen LogP contribution is -2.18. The smallest absolute Gasteiger partial charge is 0.240 e. The van der Waals surface area contributed by atoms with Crippen LogP contribution in [-0.4, -0.2) is 22.1 Å². The molecular formula is C10H16N2O3S. The van der Waals surface area contributed by atoms with Crippen molar-refractivity contribution in [2.45, 2.75) is 17.7 Å². The van der Waals surface area contributed by atoms with E-state index in [9.17, 15) is 8.42 Å². The standard InChI is InChI=1S/C10H16N2O3S/c1-12-16(13,14)10-6-4-9(5-7-10)3-2-8-15-11/h4-7,12H,2-3,8,11H2,1H3. The number of sulfonamides is 1. The van der Waals surface area contributed by atoms with Crippen LogP contribution in [0.2, 0.25) is 0 Å². The Bertz CT molecular complexity index is 414. The van der Waals surface area contributed by atoms with E-state index < -0.39 is 10.0 Å². The van der Waals surface area contributed by atoms with Crippen LogP contribution in [0.15, 0.2) is 29.2 Å². The summed E-state index contributed by atoms with van der Waals surface area (Å²) in [4.78, 5) is 4.73. The molecule has 0 atom stereocenters. The Morgan fingerprint density at radius 1 is 1.31 bits per heavy atom. The number of hydrogen-bond acceptors (Lipinski definition) is 4. The lowest BCUT2D eigenvalue weighted by atomic mass is 10.1. The summed E-state index contributed by atoms with van der Waals surface area (Å²) in [6.45, 7) is 0.497. The topological polar surface area (TPSA) is 81.4 Å². The minimum atomic E-state index is -3.33. The highest BCUT2D eigenvalue weighted by atomic mass is 32.2. The Kier molecular flexibility index (Phi) is 4.88. The minimum absolute atomic E-state index is 0.272. The summed E-state index contributed by atoms with van der Waals surface area (Å²) in [6.07, 6.45) is 1.63. The molecule has 0 saturated heterocycles. The zero-order valence-electron chi connectivity index (χ0n) is 9.14. The number of nitrogens with two attached hydrogens (primary N) is 1. The zero-order chi connectivity index (χ0) is 12.0. The van der Waals surface area contributed by atoms with Crippen LogP contribution in [0.5, 0.6) is 0 Å². The summed E-state index contributed by atoms with van der Waals surface area (Å²) >= 11 is 0. The molecule has 0 spiro atoms. The average Bonchev–Trinajstić information content (AvgIpc) is 2.30. The summed E-state index contributed by atoms with van der Waals surface area (Å²) in [6, 6.07) is 6.76. The molecule has 3 N–H and O–H groups in total. The monoisotopic (exact) mass is 244 g/mol. The molecular weight excluding hydrogens is 228 g/mol. The van der Waals surface area contributed by atoms with Gasteiger partial charge in [0.1, 0.15) is 0 Å². The third-order valence-electron chi connectivity index (χ3n) is 2.23. The largest absolute Gasteiger partial charge is 0.305 e. The van der Waals surface area contributed by atoms with Crippen molar-refractivity contribution in [3.63, 3.8) is 0 Å². The Morgan fingerprint density at radius 3 is 2.44 bits per heavy atom. The van der Waals surface area contributed by atoms with Gasteiger partial charge in [-0.2, -0.15) is 0 Å². The fraction of sp³-hybridized carbons (Fsp3) is 0.400. The third kappa shape index (κ3) is 3.57. The van der Waals surface area contributed by atoms with E-state index >= 15 is 0 Å². The molecule has 0 aromatic heterocycles. The molecule has 0 unspecified atom stereocenters. The molecule has 0 heterocycles. The lowest BCUT2D eigenvalue weighted by Gasteiger charge is -2.04. The third-order valence-corrected chi connectivity index (χ3v) is 3.66. The molecule has 16 heavy (non-hydrogen) atoms. The van der Waals surface area contributed by atoms with Crippen molar-refractivity contribution in [3.8, 4) is 0 Å². The molecule has 6 heteroatoms. The van der Waals surface area contributed by atoms with Gasteiger partial charge in [-0.25, -0.2) is 19.0 Å². The van der Waals surface area contributed by atoms with Crippen LogP contribution >= 0.6 is 0 Å². The van der Waals surface area contributed by atoms with Crippen LogP contribution in [0.4, 0.5) is 0 Å². The van der Waals surface area contributed by atoms with Gasteiger partial charge in [-0.1, -0.05) is 12.1 Å². The first kappa shape index (κ1) is 13.1. The number of aryl methyl sites for hydroxylation is 1. The molecule has 0 fully saturated rings. The second kappa shape index (κ2) is 5.95. The molecule has 0 aliphatic carbocycles. The summed E-state index contributed by atoms with van der Waals surface area (Å²) in [5.74, 6) is 4.90. The van der Waals surface area contributed by atoms with Crippen LogP contribution in [0.25, 0.3) is 0 Å². The van der Waals surface area contributed by atoms with E-state index in [1.807, 2.05) is 0 Å². The minimum Gasteiger partial charge on any atom is -0.305 e. The van der Waals surface area contributed by atoms with Crippen LogP contribution in [0, 0.1) is 0 Å². The fourth-order valence-electron chi connectivity index (χ4n) is 1.31. The van der Waals surface area contributed by atoms with Gasteiger partial charge in [0, 0.05) is 0 Å². The van der Waals surface area contributed by atoms with E-state index in [4.69, 9.17) is 5.90 Å². The first-order chi connectivity index (χ1) is 7.60. The van der Waals surface area contributed by atoms with Crippen LogP contribution in [0.1, 0.15) is 12.0 Å². The highest BCUT2D eigenvalue weighted by Gasteiger charge is 2.09. The van der Waals surface area contributed by atoms with Gasteiger partial charge in [0.25, 0.3) is 0 Å². The predicted octanol–water partition coefficient (Wildman–Crippen LogP) is 0.418. The second-order valence-corrected chi connectivity index (χ2v) is 5.21. The SMILES string of the molecule is CNS(=O)(=O)c1ccc(CCCON)cc1. The highest BCUT2D eigenvalue weighted by Crippen LogP contribution is 2.11. The lowest BCUT2D eigenvalue weighted by molar-refractivity contribution is 0.135. The number of benzene rings is 1. The molecule has 0 radical (unpaired) electrons. The van der Waals surface area contributed by atoms with E-state index in [-0.39, 0.29) is 4.90 Å². The van der Waals surface area contributed by atoms with Crippen molar-refractivity contribution < 1.29 is 13.3 Å². The maximum absolute atomic E-state index is 11.4. The number of hydrogen-bond donors (Lipinski definition) is 2. The molecule has 1 aromatic carbocycles. The summed E-state index contributed by atoms with van der Waals surface area (Å²) in [7, 11) is -1.94. The normalized spacial score (nSPS) is 11.6.